The summed E-state index contributed by atoms with van der Waals surface area (Å²) in [6.45, 7) is 2.51. The molecule has 6 nitrogen and oxygen atoms in total. The molecule has 1 aliphatic rings. The third-order valence-corrected chi connectivity index (χ3v) is 3.65. The van der Waals surface area contributed by atoms with Crippen LogP contribution < -0.4 is 16.6 Å². The number of nitrogens with two attached hydrogens (primary N) is 1. The summed E-state index contributed by atoms with van der Waals surface area (Å²) in [4.78, 5) is 17.9. The second kappa shape index (κ2) is 6.15. The highest BCUT2D eigenvalue weighted by Gasteiger charge is 2.29. The van der Waals surface area contributed by atoms with Gasteiger partial charge in [0.25, 0.3) is 5.91 Å². The van der Waals surface area contributed by atoms with Crippen molar-refractivity contribution in [3.8, 4) is 0 Å². The third-order valence-electron chi connectivity index (χ3n) is 3.65. The van der Waals surface area contributed by atoms with Gasteiger partial charge in [-0.1, -0.05) is 0 Å². The van der Waals surface area contributed by atoms with E-state index in [9.17, 15) is 9.18 Å². The molecule has 1 atom stereocenters. The third kappa shape index (κ3) is 3.23. The summed E-state index contributed by atoms with van der Waals surface area (Å²) >= 11 is 0. The molecule has 1 aromatic rings. The number of carbonyl (C=O) groups is 1. The number of likely N-dealkylation sites (N-methyl/N-ethyl adjacent to an activating group) is 1. The van der Waals surface area contributed by atoms with Crippen LogP contribution in [0.15, 0.2) is 12.3 Å². The fraction of sp³-hybridized carbons (Fsp3) is 0.538. The Kier molecular flexibility index (Phi) is 4.51. The van der Waals surface area contributed by atoms with E-state index in [4.69, 9.17) is 5.84 Å². The molecule has 2 rings (SSSR count). The summed E-state index contributed by atoms with van der Waals surface area (Å²) in [5.41, 5.74) is 2.06. The minimum atomic E-state index is -0.740. The van der Waals surface area contributed by atoms with Crippen molar-refractivity contribution >= 4 is 11.7 Å². The first-order valence-electron chi connectivity index (χ1n) is 6.65. The van der Waals surface area contributed by atoms with E-state index in [1.54, 1.807) is 0 Å². The SMILES string of the molecule is CC(CNC(=O)c1ccnc(NN)c1F)N(C)C1CC1. The van der Waals surface area contributed by atoms with Crippen LogP contribution in [-0.4, -0.2) is 41.5 Å². The Morgan fingerprint density at radius 1 is 1.65 bits per heavy atom. The second-order valence-corrected chi connectivity index (χ2v) is 5.12. The predicted molar refractivity (Wildman–Crippen MR) is 74.6 cm³/mol. The molecule has 110 valence electrons. The molecule has 1 aromatic heterocycles. The van der Waals surface area contributed by atoms with Crippen LogP contribution in [0.2, 0.25) is 0 Å². The van der Waals surface area contributed by atoms with Crippen LogP contribution in [0.25, 0.3) is 0 Å². The smallest absolute Gasteiger partial charge is 0.254 e. The Morgan fingerprint density at radius 2 is 2.35 bits per heavy atom. The largest absolute Gasteiger partial charge is 0.350 e. The molecule has 0 radical (unpaired) electrons. The first kappa shape index (κ1) is 14.7. The molecule has 1 aliphatic carbocycles. The molecule has 1 unspecified atom stereocenters. The maximum atomic E-state index is 13.9. The van der Waals surface area contributed by atoms with Gasteiger partial charge in [-0.15, -0.1) is 0 Å². The van der Waals surface area contributed by atoms with E-state index < -0.39 is 11.7 Å². The van der Waals surface area contributed by atoms with Gasteiger partial charge in [0.2, 0.25) is 0 Å². The van der Waals surface area contributed by atoms with Gasteiger partial charge in [0.05, 0.1) is 5.56 Å². The molecular weight excluding hydrogens is 261 g/mol. The minimum absolute atomic E-state index is 0.0609. The molecule has 0 aliphatic heterocycles. The topological polar surface area (TPSA) is 83.3 Å². The fourth-order valence-corrected chi connectivity index (χ4v) is 2.04. The van der Waals surface area contributed by atoms with Crippen molar-refractivity contribution in [1.29, 1.82) is 0 Å². The number of nitrogens with zero attached hydrogens (tertiary/aromatic N) is 2. The number of aromatic nitrogens is 1. The van der Waals surface area contributed by atoms with Crippen LogP contribution >= 0.6 is 0 Å². The maximum Gasteiger partial charge on any atom is 0.254 e. The number of hydrogen-bond acceptors (Lipinski definition) is 5. The maximum absolute atomic E-state index is 13.9. The van der Waals surface area contributed by atoms with E-state index in [1.165, 1.54) is 25.1 Å². The van der Waals surface area contributed by atoms with E-state index in [0.717, 1.165) is 0 Å². The number of hydrogen-bond donors (Lipinski definition) is 3. The summed E-state index contributed by atoms with van der Waals surface area (Å²) in [5, 5.41) is 2.74. The first-order chi connectivity index (χ1) is 9.54. The van der Waals surface area contributed by atoms with Gasteiger partial charge in [-0.3, -0.25) is 9.69 Å². The Balaban J connectivity index is 1.94. The quantitative estimate of drug-likeness (QED) is 0.528. The molecule has 0 saturated heterocycles. The zero-order valence-corrected chi connectivity index (χ0v) is 11.7. The van der Waals surface area contributed by atoms with Gasteiger partial charge in [-0.2, -0.15) is 0 Å². The molecule has 1 fully saturated rings. The summed E-state index contributed by atoms with van der Waals surface area (Å²) in [5.74, 6) is 3.79. The van der Waals surface area contributed by atoms with Crippen molar-refractivity contribution in [2.45, 2.75) is 31.8 Å². The predicted octanol–water partition coefficient (Wildman–Crippen LogP) is 0.719. The van der Waals surface area contributed by atoms with Crippen LogP contribution in [0.5, 0.6) is 0 Å². The van der Waals surface area contributed by atoms with E-state index in [1.807, 2.05) is 14.0 Å². The lowest BCUT2D eigenvalue weighted by molar-refractivity contribution is 0.0935. The van der Waals surface area contributed by atoms with Gasteiger partial charge >= 0.3 is 0 Å². The Labute approximate surface area is 117 Å². The number of nitrogens with one attached hydrogen (secondary N) is 2. The molecular formula is C13H20FN5O. The molecule has 0 spiro atoms. The van der Waals surface area contributed by atoms with Crippen LogP contribution in [0.4, 0.5) is 10.2 Å². The summed E-state index contributed by atoms with van der Waals surface area (Å²) in [6.07, 6.45) is 3.76. The zero-order valence-electron chi connectivity index (χ0n) is 11.7. The molecule has 1 heterocycles. The zero-order chi connectivity index (χ0) is 14.7. The van der Waals surface area contributed by atoms with E-state index in [-0.39, 0.29) is 17.4 Å². The van der Waals surface area contributed by atoms with Crippen LogP contribution in [-0.2, 0) is 0 Å². The number of pyridine rings is 1. The second-order valence-electron chi connectivity index (χ2n) is 5.12. The van der Waals surface area contributed by atoms with Crippen LogP contribution in [0.3, 0.4) is 0 Å². The number of amides is 1. The van der Waals surface area contributed by atoms with Crippen LogP contribution in [0, 0.1) is 5.82 Å². The van der Waals surface area contributed by atoms with Gasteiger partial charge in [-0.25, -0.2) is 15.2 Å². The van der Waals surface area contributed by atoms with Crippen molar-refractivity contribution in [1.82, 2.24) is 15.2 Å². The summed E-state index contributed by atoms with van der Waals surface area (Å²) in [6, 6.07) is 2.16. The van der Waals surface area contributed by atoms with Gasteiger partial charge in [0.15, 0.2) is 11.6 Å². The standard InChI is InChI=1S/C13H20FN5O/c1-8(19(2)9-3-4-9)7-17-13(20)10-5-6-16-12(18-15)11(10)14/h5-6,8-9H,3-4,7,15H2,1-2H3,(H,16,18)(H,17,20). The van der Waals surface area contributed by atoms with Crippen molar-refractivity contribution in [2.75, 3.05) is 19.0 Å². The molecule has 0 aromatic carbocycles. The normalized spacial score (nSPS) is 16.1. The van der Waals surface area contributed by atoms with Gasteiger partial charge < -0.3 is 10.7 Å². The van der Waals surface area contributed by atoms with Gasteiger partial charge in [0, 0.05) is 24.8 Å². The summed E-state index contributed by atoms with van der Waals surface area (Å²) < 4.78 is 13.9. The summed E-state index contributed by atoms with van der Waals surface area (Å²) in [7, 11) is 2.04. The minimum Gasteiger partial charge on any atom is -0.350 e. The number of halogens is 1. The first-order valence-corrected chi connectivity index (χ1v) is 6.65. The van der Waals surface area contributed by atoms with Crippen molar-refractivity contribution < 1.29 is 9.18 Å². The average molecular weight is 281 g/mol. The number of rotatable bonds is 6. The monoisotopic (exact) mass is 281 g/mol. The Bertz CT molecular complexity index is 492. The van der Waals surface area contributed by atoms with E-state index in [0.29, 0.717) is 12.6 Å². The molecule has 1 amide bonds. The molecule has 1 saturated carbocycles. The lowest BCUT2D eigenvalue weighted by atomic mass is 10.2. The van der Waals surface area contributed by atoms with Gasteiger partial charge in [0.1, 0.15) is 0 Å². The highest BCUT2D eigenvalue weighted by atomic mass is 19.1. The fourth-order valence-electron chi connectivity index (χ4n) is 2.04. The van der Waals surface area contributed by atoms with E-state index in [2.05, 4.69) is 20.6 Å². The molecule has 7 heteroatoms. The number of hydrazine groups is 1. The highest BCUT2D eigenvalue weighted by molar-refractivity contribution is 5.95. The number of carbonyl (C=O) groups excluding carboxylic acids is 1. The Hall–Kier alpha value is -1.73. The molecule has 0 bridgehead atoms. The van der Waals surface area contributed by atoms with Crippen LogP contribution in [0.1, 0.15) is 30.1 Å². The number of anilines is 1. The van der Waals surface area contributed by atoms with Gasteiger partial charge in [-0.05, 0) is 32.9 Å². The van der Waals surface area contributed by atoms with Crippen molar-refractivity contribution in [3.05, 3.63) is 23.6 Å². The number of nitrogen functional groups attached to an aromatic ring is 1. The van der Waals surface area contributed by atoms with Crippen molar-refractivity contribution in [3.63, 3.8) is 0 Å². The Morgan fingerprint density at radius 3 is 2.95 bits per heavy atom. The average Bonchev–Trinajstić information content (AvgIpc) is 3.28. The highest BCUT2D eigenvalue weighted by Crippen LogP contribution is 2.26. The lowest BCUT2D eigenvalue weighted by Gasteiger charge is -2.24. The molecule has 4 N–H and O–H groups in total. The lowest BCUT2D eigenvalue weighted by Crippen LogP contribution is -2.41. The van der Waals surface area contributed by atoms with Crippen molar-refractivity contribution in [2.24, 2.45) is 5.84 Å². The molecule has 20 heavy (non-hydrogen) atoms. The van der Waals surface area contributed by atoms with E-state index >= 15 is 0 Å².